The Morgan fingerprint density at radius 1 is 1.25 bits per heavy atom. The standard InChI is InChI=1S/C12H11N3O/c1-2-8-13-12(7-1)15-14-9-3-5-11-6-4-10-16-11/h1-10H,(H,13,15)/b5-3?,14-9-. The van der Waals surface area contributed by atoms with E-state index in [2.05, 4.69) is 15.5 Å². The topological polar surface area (TPSA) is 50.4 Å². The van der Waals surface area contributed by atoms with E-state index in [1.54, 1.807) is 24.8 Å². The molecule has 0 radical (unpaired) electrons. The number of pyridine rings is 1. The summed E-state index contributed by atoms with van der Waals surface area (Å²) in [5.41, 5.74) is 2.80. The predicted molar refractivity (Wildman–Crippen MR) is 64.1 cm³/mol. The van der Waals surface area contributed by atoms with Crippen molar-refractivity contribution in [3.63, 3.8) is 0 Å². The monoisotopic (exact) mass is 213 g/mol. The lowest BCUT2D eigenvalue weighted by atomic mass is 10.4. The van der Waals surface area contributed by atoms with E-state index in [9.17, 15) is 0 Å². The molecule has 80 valence electrons. The molecule has 16 heavy (non-hydrogen) atoms. The second-order valence-electron chi connectivity index (χ2n) is 2.98. The second-order valence-corrected chi connectivity index (χ2v) is 2.98. The maximum atomic E-state index is 5.12. The molecular weight excluding hydrogens is 202 g/mol. The molecule has 0 amide bonds. The Kier molecular flexibility index (Phi) is 3.50. The van der Waals surface area contributed by atoms with Gasteiger partial charge in [0, 0.05) is 12.4 Å². The van der Waals surface area contributed by atoms with Crippen LogP contribution in [0.3, 0.4) is 0 Å². The summed E-state index contributed by atoms with van der Waals surface area (Å²) < 4.78 is 5.12. The van der Waals surface area contributed by atoms with Gasteiger partial charge in [0.25, 0.3) is 0 Å². The summed E-state index contributed by atoms with van der Waals surface area (Å²) >= 11 is 0. The van der Waals surface area contributed by atoms with Gasteiger partial charge in [0.2, 0.25) is 0 Å². The van der Waals surface area contributed by atoms with Crippen LogP contribution in [0.5, 0.6) is 0 Å². The molecule has 0 saturated carbocycles. The molecule has 2 aromatic rings. The molecule has 0 aliphatic heterocycles. The minimum Gasteiger partial charge on any atom is -0.465 e. The quantitative estimate of drug-likeness (QED) is 0.627. The van der Waals surface area contributed by atoms with Gasteiger partial charge in [0.1, 0.15) is 11.6 Å². The van der Waals surface area contributed by atoms with Crippen LogP contribution in [-0.2, 0) is 0 Å². The van der Waals surface area contributed by atoms with Crippen molar-refractivity contribution in [2.75, 3.05) is 5.43 Å². The van der Waals surface area contributed by atoms with Gasteiger partial charge in [0.05, 0.1) is 6.26 Å². The fourth-order valence-corrected chi connectivity index (χ4v) is 1.10. The molecule has 4 nitrogen and oxygen atoms in total. The first kappa shape index (κ1) is 10.2. The fraction of sp³-hybridized carbons (Fsp3) is 0. The van der Waals surface area contributed by atoms with Crippen molar-refractivity contribution in [2.45, 2.75) is 0 Å². The zero-order valence-corrected chi connectivity index (χ0v) is 8.58. The van der Waals surface area contributed by atoms with Crippen molar-refractivity contribution >= 4 is 18.1 Å². The number of furan rings is 1. The lowest BCUT2D eigenvalue weighted by Crippen LogP contribution is -1.90. The third-order valence-corrected chi connectivity index (χ3v) is 1.81. The summed E-state index contributed by atoms with van der Waals surface area (Å²) in [5, 5.41) is 3.98. The number of nitrogens with zero attached hydrogens (tertiary/aromatic N) is 2. The van der Waals surface area contributed by atoms with E-state index < -0.39 is 0 Å². The van der Waals surface area contributed by atoms with E-state index >= 15 is 0 Å². The highest BCUT2D eigenvalue weighted by molar-refractivity contribution is 5.77. The lowest BCUT2D eigenvalue weighted by molar-refractivity contribution is 0.557. The number of rotatable bonds is 4. The van der Waals surface area contributed by atoms with E-state index in [1.807, 2.05) is 36.4 Å². The molecular formula is C12H11N3O. The number of nitrogens with one attached hydrogen (secondary N) is 1. The van der Waals surface area contributed by atoms with Crippen LogP contribution in [0.15, 0.2) is 58.4 Å². The second kappa shape index (κ2) is 5.50. The Hall–Kier alpha value is -2.36. The Morgan fingerprint density at radius 3 is 3.00 bits per heavy atom. The summed E-state index contributed by atoms with van der Waals surface area (Å²) in [6, 6.07) is 9.29. The largest absolute Gasteiger partial charge is 0.465 e. The third kappa shape index (κ3) is 3.09. The van der Waals surface area contributed by atoms with Gasteiger partial charge in [-0.05, 0) is 36.4 Å². The van der Waals surface area contributed by atoms with Crippen LogP contribution in [0, 0.1) is 0 Å². The molecule has 2 aromatic heterocycles. The summed E-state index contributed by atoms with van der Waals surface area (Å²) in [7, 11) is 0. The molecule has 4 heteroatoms. The van der Waals surface area contributed by atoms with Gasteiger partial charge >= 0.3 is 0 Å². The molecule has 0 atom stereocenters. The highest BCUT2D eigenvalue weighted by Gasteiger charge is 1.85. The molecule has 0 aromatic carbocycles. The molecule has 2 heterocycles. The Balaban J connectivity index is 1.83. The average Bonchev–Trinajstić information content (AvgIpc) is 2.83. The first-order chi connectivity index (χ1) is 7.95. The highest BCUT2D eigenvalue weighted by atomic mass is 16.3. The molecule has 0 fully saturated rings. The fourth-order valence-electron chi connectivity index (χ4n) is 1.10. The first-order valence-corrected chi connectivity index (χ1v) is 4.85. The van der Waals surface area contributed by atoms with Gasteiger partial charge in [-0.25, -0.2) is 4.98 Å². The van der Waals surface area contributed by atoms with Crippen LogP contribution >= 0.6 is 0 Å². The van der Waals surface area contributed by atoms with Crippen LogP contribution in [0.25, 0.3) is 6.08 Å². The van der Waals surface area contributed by atoms with Crippen molar-refractivity contribution in [2.24, 2.45) is 5.10 Å². The van der Waals surface area contributed by atoms with Crippen molar-refractivity contribution in [3.8, 4) is 0 Å². The molecule has 2 rings (SSSR count). The van der Waals surface area contributed by atoms with Crippen molar-refractivity contribution < 1.29 is 4.42 Å². The SMILES string of the molecule is C(=Cc1ccco1)/C=N\Nc1ccccn1. The summed E-state index contributed by atoms with van der Waals surface area (Å²) in [6.45, 7) is 0. The van der Waals surface area contributed by atoms with Crippen LogP contribution in [-0.4, -0.2) is 11.2 Å². The van der Waals surface area contributed by atoms with Gasteiger partial charge in [0.15, 0.2) is 0 Å². The summed E-state index contributed by atoms with van der Waals surface area (Å²) in [4.78, 5) is 4.06. The number of hydrogen-bond acceptors (Lipinski definition) is 4. The lowest BCUT2D eigenvalue weighted by Gasteiger charge is -1.95. The molecule has 0 saturated heterocycles. The number of hydrazone groups is 1. The Bertz CT molecular complexity index is 460. The van der Waals surface area contributed by atoms with Crippen molar-refractivity contribution in [1.82, 2.24) is 4.98 Å². The first-order valence-electron chi connectivity index (χ1n) is 4.85. The van der Waals surface area contributed by atoms with Crippen LogP contribution in [0.2, 0.25) is 0 Å². The Morgan fingerprint density at radius 2 is 2.25 bits per heavy atom. The van der Waals surface area contributed by atoms with E-state index in [1.165, 1.54) is 0 Å². The molecule has 1 N–H and O–H groups in total. The van der Waals surface area contributed by atoms with Crippen molar-refractivity contribution in [1.29, 1.82) is 0 Å². The van der Waals surface area contributed by atoms with E-state index in [4.69, 9.17) is 4.42 Å². The third-order valence-electron chi connectivity index (χ3n) is 1.81. The van der Waals surface area contributed by atoms with Gasteiger partial charge in [-0.2, -0.15) is 5.10 Å². The van der Waals surface area contributed by atoms with Gasteiger partial charge in [-0.3, -0.25) is 5.43 Å². The predicted octanol–water partition coefficient (Wildman–Crippen LogP) is 2.79. The zero-order chi connectivity index (χ0) is 11.1. The normalized spacial score (nSPS) is 11.2. The van der Waals surface area contributed by atoms with Crippen LogP contribution in [0.4, 0.5) is 5.82 Å². The van der Waals surface area contributed by atoms with Gasteiger partial charge in [-0.15, -0.1) is 0 Å². The molecule has 0 unspecified atom stereocenters. The zero-order valence-electron chi connectivity index (χ0n) is 8.58. The summed E-state index contributed by atoms with van der Waals surface area (Å²) in [6.07, 6.45) is 8.58. The van der Waals surface area contributed by atoms with E-state index in [-0.39, 0.29) is 0 Å². The highest BCUT2D eigenvalue weighted by Crippen LogP contribution is 2.01. The number of allylic oxidation sites excluding steroid dienone is 1. The molecule has 0 spiro atoms. The average molecular weight is 213 g/mol. The molecule has 0 aliphatic carbocycles. The maximum Gasteiger partial charge on any atom is 0.146 e. The number of hydrogen-bond donors (Lipinski definition) is 1. The molecule has 0 aliphatic rings. The Labute approximate surface area is 93.3 Å². The van der Waals surface area contributed by atoms with Gasteiger partial charge < -0.3 is 4.42 Å². The van der Waals surface area contributed by atoms with Crippen LogP contribution in [0.1, 0.15) is 5.76 Å². The summed E-state index contributed by atoms with van der Waals surface area (Å²) in [5.74, 6) is 1.51. The number of anilines is 1. The minimum absolute atomic E-state index is 0.713. The van der Waals surface area contributed by atoms with Gasteiger partial charge in [-0.1, -0.05) is 6.07 Å². The van der Waals surface area contributed by atoms with Crippen LogP contribution < -0.4 is 5.43 Å². The smallest absolute Gasteiger partial charge is 0.146 e. The number of aromatic nitrogens is 1. The van der Waals surface area contributed by atoms with E-state index in [0.29, 0.717) is 5.82 Å². The minimum atomic E-state index is 0.713. The van der Waals surface area contributed by atoms with Crippen molar-refractivity contribution in [3.05, 3.63) is 54.6 Å². The van der Waals surface area contributed by atoms with E-state index in [0.717, 1.165) is 5.76 Å². The molecule has 0 bridgehead atoms. The maximum absolute atomic E-state index is 5.12.